The molecule has 150 valence electrons. The molecule has 7 heteroatoms. The van der Waals surface area contributed by atoms with E-state index in [1.807, 2.05) is 6.07 Å². The van der Waals surface area contributed by atoms with Crippen LogP contribution in [0.1, 0.15) is 20.3 Å². The fourth-order valence-corrected chi connectivity index (χ4v) is 3.36. The number of benzene rings is 2. The molecule has 0 fully saturated rings. The zero-order valence-corrected chi connectivity index (χ0v) is 16.1. The molecule has 1 aliphatic heterocycles. The second-order valence-corrected chi connectivity index (χ2v) is 6.54. The number of carbonyl (C=O) groups is 3. The smallest absolute Gasteiger partial charge is 0.336 e. The minimum atomic E-state index is -1.04. The van der Waals surface area contributed by atoms with Gasteiger partial charge in [0.15, 0.2) is 0 Å². The van der Waals surface area contributed by atoms with Crippen LogP contribution in [0.3, 0.4) is 0 Å². The number of allylic oxidation sites excluding steroid dienone is 1. The number of anilines is 2. The van der Waals surface area contributed by atoms with Gasteiger partial charge in [0.2, 0.25) is 11.8 Å². The lowest BCUT2D eigenvalue weighted by Crippen LogP contribution is -2.43. The summed E-state index contributed by atoms with van der Waals surface area (Å²) in [6, 6.07) is 14.3. The van der Waals surface area contributed by atoms with Gasteiger partial charge in [0.05, 0.1) is 18.1 Å². The number of ether oxygens (including phenoxy) is 1. The highest BCUT2D eigenvalue weighted by molar-refractivity contribution is 6.10. The Kier molecular flexibility index (Phi) is 6.07. The number of nitrogens with zero attached hydrogens (tertiary/aromatic N) is 1. The lowest BCUT2D eigenvalue weighted by molar-refractivity contribution is -0.141. The molecule has 1 aliphatic rings. The lowest BCUT2D eigenvalue weighted by atomic mass is 9.88. The summed E-state index contributed by atoms with van der Waals surface area (Å²) in [7, 11) is 0. The topological polar surface area (TPSA) is 75.7 Å². The van der Waals surface area contributed by atoms with Crippen LogP contribution in [0.25, 0.3) is 0 Å². The summed E-state index contributed by atoms with van der Waals surface area (Å²) in [6.07, 6.45) is -0.207. The molecule has 1 unspecified atom stereocenters. The first kappa shape index (κ1) is 20.3. The SMILES string of the molecule is CCOC(=O)C1=C(C)N(c2ccccc2)C(=O)CC1C(=O)Nc1cccc(F)c1. The molecular weight excluding hydrogens is 375 g/mol. The van der Waals surface area contributed by atoms with Gasteiger partial charge in [0, 0.05) is 23.5 Å². The Morgan fingerprint density at radius 3 is 2.55 bits per heavy atom. The predicted octanol–water partition coefficient (Wildman–Crippen LogP) is 3.65. The van der Waals surface area contributed by atoms with Crippen LogP contribution in [0.15, 0.2) is 65.9 Å². The second kappa shape index (κ2) is 8.68. The van der Waals surface area contributed by atoms with Gasteiger partial charge in [0.25, 0.3) is 0 Å². The molecule has 1 N–H and O–H groups in total. The molecule has 2 aromatic rings. The Bertz CT molecular complexity index is 972. The molecule has 0 saturated heterocycles. The van der Waals surface area contributed by atoms with Gasteiger partial charge in [-0.05, 0) is 44.2 Å². The summed E-state index contributed by atoms with van der Waals surface area (Å²) >= 11 is 0. The molecule has 2 aromatic carbocycles. The maximum absolute atomic E-state index is 13.4. The molecule has 0 bridgehead atoms. The predicted molar refractivity (Wildman–Crippen MR) is 106 cm³/mol. The average Bonchev–Trinajstić information content (AvgIpc) is 2.68. The van der Waals surface area contributed by atoms with Crippen molar-refractivity contribution in [2.75, 3.05) is 16.8 Å². The van der Waals surface area contributed by atoms with Crippen LogP contribution < -0.4 is 10.2 Å². The summed E-state index contributed by atoms with van der Waals surface area (Å²) in [4.78, 5) is 39.8. The number of rotatable bonds is 5. The van der Waals surface area contributed by atoms with E-state index in [-0.39, 0.29) is 30.2 Å². The van der Waals surface area contributed by atoms with Gasteiger partial charge in [-0.25, -0.2) is 9.18 Å². The number of halogens is 1. The molecular formula is C22H21FN2O4. The number of amides is 2. The summed E-state index contributed by atoms with van der Waals surface area (Å²) in [5, 5.41) is 2.58. The molecule has 2 amide bonds. The molecule has 0 aromatic heterocycles. The standard InChI is InChI=1S/C22H21FN2O4/c1-3-29-22(28)20-14(2)25(17-10-5-4-6-11-17)19(26)13-18(20)21(27)24-16-9-7-8-15(23)12-16/h4-12,18H,3,13H2,1-2H3,(H,24,27). The third-order valence-corrected chi connectivity index (χ3v) is 4.62. The maximum Gasteiger partial charge on any atom is 0.336 e. The van der Waals surface area contributed by atoms with Crippen LogP contribution in [0.5, 0.6) is 0 Å². The van der Waals surface area contributed by atoms with Crippen molar-refractivity contribution in [3.63, 3.8) is 0 Å². The fourth-order valence-electron chi connectivity index (χ4n) is 3.36. The van der Waals surface area contributed by atoms with E-state index in [2.05, 4.69) is 5.32 Å². The number of esters is 1. The van der Waals surface area contributed by atoms with Gasteiger partial charge in [-0.1, -0.05) is 24.3 Å². The van der Waals surface area contributed by atoms with E-state index in [1.54, 1.807) is 38.1 Å². The van der Waals surface area contributed by atoms with Crippen molar-refractivity contribution in [2.24, 2.45) is 5.92 Å². The Morgan fingerprint density at radius 2 is 1.90 bits per heavy atom. The first-order valence-corrected chi connectivity index (χ1v) is 9.24. The molecule has 0 spiro atoms. The highest BCUT2D eigenvalue weighted by atomic mass is 19.1. The maximum atomic E-state index is 13.4. The van der Waals surface area contributed by atoms with Crippen LogP contribution in [0, 0.1) is 11.7 Å². The van der Waals surface area contributed by atoms with Gasteiger partial charge in [0.1, 0.15) is 5.82 Å². The zero-order chi connectivity index (χ0) is 21.0. The van der Waals surface area contributed by atoms with Gasteiger partial charge < -0.3 is 10.1 Å². The lowest BCUT2D eigenvalue weighted by Gasteiger charge is -2.33. The minimum Gasteiger partial charge on any atom is -0.463 e. The van der Waals surface area contributed by atoms with E-state index in [0.717, 1.165) is 0 Å². The Morgan fingerprint density at radius 1 is 1.17 bits per heavy atom. The van der Waals surface area contributed by atoms with Crippen molar-refractivity contribution < 1.29 is 23.5 Å². The van der Waals surface area contributed by atoms with Crippen LogP contribution in [-0.4, -0.2) is 24.4 Å². The number of hydrogen-bond donors (Lipinski definition) is 1. The molecule has 1 atom stereocenters. The van der Waals surface area contributed by atoms with Crippen molar-refractivity contribution in [3.8, 4) is 0 Å². The fraction of sp³-hybridized carbons (Fsp3) is 0.227. The van der Waals surface area contributed by atoms with Gasteiger partial charge in [-0.15, -0.1) is 0 Å². The minimum absolute atomic E-state index is 0.115. The number of hydrogen-bond acceptors (Lipinski definition) is 4. The van der Waals surface area contributed by atoms with E-state index < -0.39 is 23.6 Å². The van der Waals surface area contributed by atoms with Gasteiger partial charge in [-0.2, -0.15) is 0 Å². The number of carbonyl (C=O) groups excluding carboxylic acids is 3. The van der Waals surface area contributed by atoms with Crippen LogP contribution in [0.2, 0.25) is 0 Å². The normalized spacial score (nSPS) is 16.6. The van der Waals surface area contributed by atoms with E-state index in [0.29, 0.717) is 11.4 Å². The molecule has 1 heterocycles. The van der Waals surface area contributed by atoms with E-state index in [4.69, 9.17) is 4.74 Å². The van der Waals surface area contributed by atoms with Gasteiger partial charge in [-0.3, -0.25) is 14.5 Å². The summed E-state index contributed by atoms with van der Waals surface area (Å²) < 4.78 is 18.6. The highest BCUT2D eigenvalue weighted by Crippen LogP contribution is 2.34. The molecule has 0 saturated carbocycles. The van der Waals surface area contributed by atoms with Crippen LogP contribution in [-0.2, 0) is 19.1 Å². The zero-order valence-electron chi connectivity index (χ0n) is 16.1. The van der Waals surface area contributed by atoms with Crippen LogP contribution >= 0.6 is 0 Å². The summed E-state index contributed by atoms with van der Waals surface area (Å²) in [6.45, 7) is 3.41. The van der Waals surface area contributed by atoms with Crippen LogP contribution in [0.4, 0.5) is 15.8 Å². The van der Waals surface area contributed by atoms with Gasteiger partial charge >= 0.3 is 5.97 Å². The Hall–Kier alpha value is -3.48. The Balaban J connectivity index is 1.99. The van der Waals surface area contributed by atoms with Crippen molar-refractivity contribution in [2.45, 2.75) is 20.3 Å². The van der Waals surface area contributed by atoms with E-state index >= 15 is 0 Å². The monoisotopic (exact) mass is 396 g/mol. The first-order chi connectivity index (χ1) is 13.9. The third kappa shape index (κ3) is 4.34. The van der Waals surface area contributed by atoms with Crippen molar-refractivity contribution in [3.05, 3.63) is 71.7 Å². The molecule has 0 radical (unpaired) electrons. The second-order valence-electron chi connectivity index (χ2n) is 6.54. The molecule has 29 heavy (non-hydrogen) atoms. The first-order valence-electron chi connectivity index (χ1n) is 9.24. The molecule has 3 rings (SSSR count). The largest absolute Gasteiger partial charge is 0.463 e. The van der Waals surface area contributed by atoms with Crippen molar-refractivity contribution in [1.82, 2.24) is 0 Å². The number of para-hydroxylation sites is 1. The third-order valence-electron chi connectivity index (χ3n) is 4.62. The quantitative estimate of drug-likeness (QED) is 0.783. The van der Waals surface area contributed by atoms with E-state index in [1.165, 1.54) is 29.2 Å². The highest BCUT2D eigenvalue weighted by Gasteiger charge is 2.40. The molecule has 0 aliphatic carbocycles. The average molecular weight is 396 g/mol. The Labute approximate surface area is 168 Å². The van der Waals surface area contributed by atoms with Crippen molar-refractivity contribution >= 4 is 29.2 Å². The van der Waals surface area contributed by atoms with Crippen molar-refractivity contribution in [1.29, 1.82) is 0 Å². The summed E-state index contributed by atoms with van der Waals surface area (Å²) in [5.41, 5.74) is 1.30. The summed E-state index contributed by atoms with van der Waals surface area (Å²) in [5.74, 6) is -3.09. The molecule has 6 nitrogen and oxygen atoms in total. The van der Waals surface area contributed by atoms with E-state index in [9.17, 15) is 18.8 Å². The number of nitrogens with one attached hydrogen (secondary N) is 1.